The Labute approximate surface area is 109 Å². The Morgan fingerprint density at radius 1 is 1.28 bits per heavy atom. The lowest BCUT2D eigenvalue weighted by atomic mass is 9.96. The average molecular weight is 269 g/mol. The van der Waals surface area contributed by atoms with Crippen molar-refractivity contribution in [1.29, 1.82) is 0 Å². The zero-order chi connectivity index (χ0) is 12.8. The van der Waals surface area contributed by atoms with Crippen LogP contribution in [0.15, 0.2) is 12.1 Å². The highest BCUT2D eigenvalue weighted by molar-refractivity contribution is 6.32. The number of hydrogen-bond donors (Lipinski definition) is 1. The lowest BCUT2D eigenvalue weighted by Gasteiger charge is -2.15. The summed E-state index contributed by atoms with van der Waals surface area (Å²) in [6, 6.07) is 3.45. The minimum Gasteiger partial charge on any atom is -0.489 e. The maximum absolute atomic E-state index is 11.3. The van der Waals surface area contributed by atoms with Crippen LogP contribution in [0.3, 0.4) is 0 Å². The number of hydrogen-bond acceptors (Lipinski definition) is 3. The maximum atomic E-state index is 11.3. The van der Waals surface area contributed by atoms with Crippen LogP contribution in [0, 0.1) is 0 Å². The third-order valence-corrected chi connectivity index (χ3v) is 3.79. The molecule has 5 heteroatoms. The molecule has 0 bridgehead atoms. The van der Waals surface area contributed by atoms with Crippen LogP contribution in [-0.2, 0) is 10.2 Å². The number of rotatable bonds is 2. The molecule has 0 saturated heterocycles. The monoisotopic (exact) mass is 268 g/mol. The fourth-order valence-electron chi connectivity index (χ4n) is 2.26. The van der Waals surface area contributed by atoms with Crippen molar-refractivity contribution in [2.24, 2.45) is 0 Å². The number of halogens is 1. The Morgan fingerprint density at radius 2 is 2.00 bits per heavy atom. The Bertz CT molecular complexity index is 508. The predicted molar refractivity (Wildman–Crippen MR) is 65.6 cm³/mol. The third-order valence-electron chi connectivity index (χ3n) is 3.51. The lowest BCUT2D eigenvalue weighted by molar-refractivity contribution is -0.140. The lowest BCUT2D eigenvalue weighted by Crippen LogP contribution is -2.19. The van der Waals surface area contributed by atoms with E-state index < -0.39 is 11.4 Å². The SMILES string of the molecule is O=C(O)C1(c2cc(Cl)c3c(c2)OCCCO3)CC1. The van der Waals surface area contributed by atoms with E-state index in [-0.39, 0.29) is 0 Å². The molecular formula is C13H13ClO4. The van der Waals surface area contributed by atoms with Gasteiger partial charge in [-0.05, 0) is 30.5 Å². The minimum atomic E-state index is -0.798. The number of carboxylic acid groups (broad SMARTS) is 1. The normalized spacial score (nSPS) is 20.1. The zero-order valence-corrected chi connectivity index (χ0v) is 10.5. The molecule has 0 aromatic heterocycles. The van der Waals surface area contributed by atoms with Crippen molar-refractivity contribution >= 4 is 17.6 Å². The van der Waals surface area contributed by atoms with E-state index >= 15 is 0 Å². The van der Waals surface area contributed by atoms with E-state index in [0.717, 1.165) is 6.42 Å². The summed E-state index contributed by atoms with van der Waals surface area (Å²) >= 11 is 6.16. The van der Waals surface area contributed by atoms with E-state index in [2.05, 4.69) is 0 Å². The summed E-state index contributed by atoms with van der Waals surface area (Å²) in [6.45, 7) is 1.13. The molecular weight excluding hydrogens is 256 g/mol. The molecule has 1 aliphatic heterocycles. The highest BCUT2D eigenvalue weighted by Gasteiger charge is 2.52. The van der Waals surface area contributed by atoms with Gasteiger partial charge in [-0.15, -0.1) is 0 Å². The molecule has 0 atom stereocenters. The number of aliphatic carboxylic acids is 1. The molecule has 1 aromatic carbocycles. The van der Waals surface area contributed by atoms with Crippen molar-refractivity contribution in [3.05, 3.63) is 22.7 Å². The van der Waals surface area contributed by atoms with Gasteiger partial charge in [0.15, 0.2) is 11.5 Å². The molecule has 0 radical (unpaired) electrons. The number of ether oxygens (including phenoxy) is 2. The van der Waals surface area contributed by atoms with Gasteiger partial charge in [0.25, 0.3) is 0 Å². The van der Waals surface area contributed by atoms with Crippen LogP contribution >= 0.6 is 11.6 Å². The van der Waals surface area contributed by atoms with E-state index in [1.165, 1.54) is 0 Å². The summed E-state index contributed by atoms with van der Waals surface area (Å²) in [5.74, 6) is 0.287. The van der Waals surface area contributed by atoms with E-state index in [4.69, 9.17) is 21.1 Å². The second-order valence-electron chi connectivity index (χ2n) is 4.72. The van der Waals surface area contributed by atoms with E-state index in [0.29, 0.717) is 48.1 Å². The molecule has 1 aromatic rings. The van der Waals surface area contributed by atoms with Gasteiger partial charge in [0, 0.05) is 6.42 Å². The van der Waals surface area contributed by atoms with Crippen molar-refractivity contribution < 1.29 is 19.4 Å². The second kappa shape index (κ2) is 4.05. The molecule has 3 rings (SSSR count). The molecule has 18 heavy (non-hydrogen) atoms. The van der Waals surface area contributed by atoms with Gasteiger partial charge in [0.2, 0.25) is 0 Å². The van der Waals surface area contributed by atoms with Gasteiger partial charge in [0.1, 0.15) is 0 Å². The molecule has 0 amide bonds. The first-order valence-corrected chi connectivity index (χ1v) is 6.34. The number of carbonyl (C=O) groups is 1. The first-order chi connectivity index (χ1) is 8.63. The Hall–Kier alpha value is -1.42. The van der Waals surface area contributed by atoms with E-state index in [1.807, 2.05) is 0 Å². The molecule has 0 spiro atoms. The molecule has 1 N–H and O–H groups in total. The van der Waals surface area contributed by atoms with Crippen LogP contribution in [0.2, 0.25) is 5.02 Å². The molecule has 1 aliphatic carbocycles. The topological polar surface area (TPSA) is 55.8 Å². The van der Waals surface area contributed by atoms with Crippen LogP contribution in [-0.4, -0.2) is 24.3 Å². The summed E-state index contributed by atoms with van der Waals surface area (Å²) in [5, 5.41) is 9.72. The predicted octanol–water partition coefficient (Wildman–Crippen LogP) is 2.62. The first-order valence-electron chi connectivity index (χ1n) is 5.96. The Balaban J connectivity index is 2.06. The molecule has 0 unspecified atom stereocenters. The Kier molecular flexibility index (Phi) is 2.63. The number of fused-ring (bicyclic) bond motifs is 1. The maximum Gasteiger partial charge on any atom is 0.314 e. The van der Waals surface area contributed by atoms with Gasteiger partial charge in [-0.3, -0.25) is 4.79 Å². The third kappa shape index (κ3) is 1.72. The molecule has 1 saturated carbocycles. The number of carboxylic acids is 1. The van der Waals surface area contributed by atoms with Crippen LogP contribution in [0.25, 0.3) is 0 Å². The average Bonchev–Trinajstić information content (AvgIpc) is 3.13. The van der Waals surface area contributed by atoms with Crippen LogP contribution in [0.1, 0.15) is 24.8 Å². The van der Waals surface area contributed by atoms with Crippen LogP contribution in [0.5, 0.6) is 11.5 Å². The van der Waals surface area contributed by atoms with Gasteiger partial charge in [-0.1, -0.05) is 11.6 Å². The Morgan fingerprint density at radius 3 is 2.67 bits per heavy atom. The van der Waals surface area contributed by atoms with E-state index in [9.17, 15) is 9.90 Å². The summed E-state index contributed by atoms with van der Waals surface area (Å²) in [5.41, 5.74) is -0.0572. The van der Waals surface area contributed by atoms with Crippen molar-refractivity contribution in [3.8, 4) is 11.5 Å². The first kappa shape index (κ1) is 11.7. The summed E-state index contributed by atoms with van der Waals surface area (Å²) < 4.78 is 11.1. The molecule has 1 heterocycles. The quantitative estimate of drug-likeness (QED) is 0.896. The molecule has 96 valence electrons. The van der Waals surface area contributed by atoms with Gasteiger partial charge < -0.3 is 14.6 Å². The second-order valence-corrected chi connectivity index (χ2v) is 5.13. The largest absolute Gasteiger partial charge is 0.489 e. The van der Waals surface area contributed by atoms with Crippen molar-refractivity contribution in [2.45, 2.75) is 24.7 Å². The van der Waals surface area contributed by atoms with Crippen LogP contribution in [0.4, 0.5) is 0 Å². The van der Waals surface area contributed by atoms with Crippen molar-refractivity contribution in [3.63, 3.8) is 0 Å². The summed E-state index contributed by atoms with van der Waals surface area (Å²) in [7, 11) is 0. The summed E-state index contributed by atoms with van der Waals surface area (Å²) in [6.07, 6.45) is 2.10. The van der Waals surface area contributed by atoms with Crippen molar-refractivity contribution in [2.75, 3.05) is 13.2 Å². The van der Waals surface area contributed by atoms with Crippen molar-refractivity contribution in [1.82, 2.24) is 0 Å². The molecule has 2 aliphatic rings. The molecule has 4 nitrogen and oxygen atoms in total. The highest BCUT2D eigenvalue weighted by atomic mass is 35.5. The van der Waals surface area contributed by atoms with Gasteiger partial charge in [-0.25, -0.2) is 0 Å². The van der Waals surface area contributed by atoms with Gasteiger partial charge >= 0.3 is 5.97 Å². The number of benzene rings is 1. The fourth-order valence-corrected chi connectivity index (χ4v) is 2.52. The fraction of sp³-hybridized carbons (Fsp3) is 0.462. The van der Waals surface area contributed by atoms with Gasteiger partial charge in [-0.2, -0.15) is 0 Å². The molecule has 1 fully saturated rings. The summed E-state index contributed by atoms with van der Waals surface area (Å²) in [4.78, 5) is 11.3. The zero-order valence-electron chi connectivity index (χ0n) is 9.74. The van der Waals surface area contributed by atoms with Gasteiger partial charge in [0.05, 0.1) is 23.7 Å². The standard InChI is InChI=1S/C13H13ClO4/c14-9-6-8(13(2-3-13)12(15)16)7-10-11(9)18-5-1-4-17-10/h6-7H,1-5H2,(H,15,16). The smallest absolute Gasteiger partial charge is 0.314 e. The van der Waals surface area contributed by atoms with E-state index in [1.54, 1.807) is 12.1 Å². The minimum absolute atomic E-state index is 0.428. The van der Waals surface area contributed by atoms with Crippen LogP contribution < -0.4 is 9.47 Å². The highest BCUT2D eigenvalue weighted by Crippen LogP contribution is 2.51.